The SMILES string of the molecule is CC(C)OCC(O)Cn1cc(Br)cc([N+](=O)[O-])c1=O. The molecule has 0 saturated heterocycles. The first-order valence-electron chi connectivity index (χ1n) is 5.65. The Balaban J connectivity index is 2.89. The Bertz CT molecular complexity index is 514. The molecule has 0 spiro atoms. The Labute approximate surface area is 118 Å². The summed E-state index contributed by atoms with van der Waals surface area (Å²) in [5, 5.41) is 20.4. The van der Waals surface area contributed by atoms with Crippen LogP contribution < -0.4 is 5.56 Å². The predicted octanol–water partition coefficient (Wildman–Crippen LogP) is 1.30. The van der Waals surface area contributed by atoms with Crippen molar-refractivity contribution < 1.29 is 14.8 Å². The molecule has 0 bridgehead atoms. The van der Waals surface area contributed by atoms with Crippen molar-refractivity contribution in [3.8, 4) is 0 Å². The molecule has 106 valence electrons. The largest absolute Gasteiger partial charge is 0.389 e. The first-order chi connectivity index (χ1) is 8.81. The Hall–Kier alpha value is -1.25. The van der Waals surface area contributed by atoms with Gasteiger partial charge in [0.25, 0.3) is 0 Å². The summed E-state index contributed by atoms with van der Waals surface area (Å²) in [7, 11) is 0. The summed E-state index contributed by atoms with van der Waals surface area (Å²) < 4.78 is 6.71. The van der Waals surface area contributed by atoms with Crippen molar-refractivity contribution >= 4 is 21.6 Å². The molecule has 0 aliphatic rings. The van der Waals surface area contributed by atoms with Crippen molar-refractivity contribution in [2.45, 2.75) is 32.6 Å². The van der Waals surface area contributed by atoms with Gasteiger partial charge in [0, 0.05) is 16.7 Å². The normalized spacial score (nSPS) is 12.7. The highest BCUT2D eigenvalue weighted by molar-refractivity contribution is 9.10. The maximum absolute atomic E-state index is 11.8. The molecule has 7 nitrogen and oxygen atoms in total. The molecule has 1 atom stereocenters. The van der Waals surface area contributed by atoms with Crippen molar-refractivity contribution in [2.75, 3.05) is 6.61 Å². The highest BCUT2D eigenvalue weighted by Crippen LogP contribution is 2.14. The van der Waals surface area contributed by atoms with E-state index in [1.165, 1.54) is 6.20 Å². The molecule has 1 unspecified atom stereocenters. The molecule has 1 N–H and O–H groups in total. The number of aromatic nitrogens is 1. The van der Waals surface area contributed by atoms with Crippen molar-refractivity contribution in [1.82, 2.24) is 4.57 Å². The minimum Gasteiger partial charge on any atom is -0.389 e. The molecule has 0 radical (unpaired) electrons. The van der Waals surface area contributed by atoms with E-state index in [0.717, 1.165) is 10.6 Å². The highest BCUT2D eigenvalue weighted by atomic mass is 79.9. The van der Waals surface area contributed by atoms with Crippen molar-refractivity contribution in [1.29, 1.82) is 0 Å². The second-order valence-electron chi connectivity index (χ2n) is 4.29. The summed E-state index contributed by atoms with van der Waals surface area (Å²) in [6.45, 7) is 3.64. The summed E-state index contributed by atoms with van der Waals surface area (Å²) in [6.07, 6.45) is 0.450. The highest BCUT2D eigenvalue weighted by Gasteiger charge is 2.17. The Morgan fingerprint density at radius 3 is 2.74 bits per heavy atom. The van der Waals surface area contributed by atoms with E-state index < -0.39 is 22.3 Å². The molecule has 0 aromatic carbocycles. The summed E-state index contributed by atoms with van der Waals surface area (Å²) in [5.41, 5.74) is -1.29. The summed E-state index contributed by atoms with van der Waals surface area (Å²) >= 11 is 3.09. The van der Waals surface area contributed by atoms with E-state index in [1.807, 2.05) is 13.8 Å². The lowest BCUT2D eigenvalue weighted by Crippen LogP contribution is -2.30. The van der Waals surface area contributed by atoms with E-state index in [4.69, 9.17) is 4.74 Å². The standard InChI is InChI=1S/C11H15BrN2O5/c1-7(2)19-6-9(15)5-13-4-8(12)3-10(11(13)16)14(17)18/h3-4,7,9,15H,5-6H2,1-2H3. The molecule has 1 aromatic rings. The van der Waals surface area contributed by atoms with Crippen LogP contribution in [0.2, 0.25) is 0 Å². The molecule has 19 heavy (non-hydrogen) atoms. The van der Waals surface area contributed by atoms with Gasteiger partial charge in [0.1, 0.15) is 0 Å². The number of ether oxygens (including phenoxy) is 1. The molecular weight excluding hydrogens is 320 g/mol. The molecule has 0 aliphatic heterocycles. The molecular formula is C11H15BrN2O5. The lowest BCUT2D eigenvalue weighted by atomic mass is 10.3. The Morgan fingerprint density at radius 1 is 1.58 bits per heavy atom. The number of aliphatic hydroxyl groups excluding tert-OH is 1. The number of aliphatic hydroxyl groups is 1. The van der Waals surface area contributed by atoms with Crippen LogP contribution in [0.4, 0.5) is 5.69 Å². The van der Waals surface area contributed by atoms with Crippen LogP contribution in [0.5, 0.6) is 0 Å². The number of hydrogen-bond acceptors (Lipinski definition) is 5. The van der Waals surface area contributed by atoms with E-state index >= 15 is 0 Å². The first kappa shape index (κ1) is 15.8. The van der Waals surface area contributed by atoms with E-state index in [0.29, 0.717) is 4.47 Å². The molecule has 0 saturated carbocycles. The molecule has 0 fully saturated rings. The van der Waals surface area contributed by atoms with Gasteiger partial charge < -0.3 is 14.4 Å². The maximum Gasteiger partial charge on any atom is 0.335 e. The van der Waals surface area contributed by atoms with Gasteiger partial charge in [-0.2, -0.15) is 0 Å². The van der Waals surface area contributed by atoms with Gasteiger partial charge in [0.15, 0.2) is 0 Å². The summed E-state index contributed by atoms with van der Waals surface area (Å²) in [5.74, 6) is 0. The topological polar surface area (TPSA) is 94.6 Å². The third-order valence-corrected chi connectivity index (χ3v) is 2.69. The molecule has 1 heterocycles. The molecule has 0 amide bonds. The van der Waals surface area contributed by atoms with E-state index in [2.05, 4.69) is 15.9 Å². The average Bonchev–Trinajstić information content (AvgIpc) is 2.30. The predicted molar refractivity (Wildman–Crippen MR) is 72.2 cm³/mol. The van der Waals surface area contributed by atoms with E-state index in [9.17, 15) is 20.0 Å². The minimum absolute atomic E-state index is 0.0387. The lowest BCUT2D eigenvalue weighted by Gasteiger charge is -2.14. The second-order valence-corrected chi connectivity index (χ2v) is 5.21. The first-order valence-corrected chi connectivity index (χ1v) is 6.44. The fourth-order valence-corrected chi connectivity index (χ4v) is 1.90. The second kappa shape index (κ2) is 6.78. The smallest absolute Gasteiger partial charge is 0.335 e. The fraction of sp³-hybridized carbons (Fsp3) is 0.545. The monoisotopic (exact) mass is 334 g/mol. The summed E-state index contributed by atoms with van der Waals surface area (Å²) in [6, 6.07) is 1.13. The third-order valence-electron chi connectivity index (χ3n) is 2.26. The van der Waals surface area contributed by atoms with E-state index in [-0.39, 0.29) is 19.3 Å². The van der Waals surface area contributed by atoms with Crippen molar-refractivity contribution in [3.63, 3.8) is 0 Å². The van der Waals surface area contributed by atoms with Gasteiger partial charge in [-0.3, -0.25) is 14.9 Å². The van der Waals surface area contributed by atoms with Gasteiger partial charge in [0.2, 0.25) is 0 Å². The van der Waals surface area contributed by atoms with E-state index in [1.54, 1.807) is 0 Å². The number of nitro groups is 1. The number of pyridine rings is 1. The zero-order valence-corrected chi connectivity index (χ0v) is 12.2. The fourth-order valence-electron chi connectivity index (χ4n) is 1.43. The van der Waals surface area contributed by atoms with Crippen molar-refractivity contribution in [3.05, 3.63) is 37.2 Å². The zero-order valence-electron chi connectivity index (χ0n) is 10.6. The zero-order chi connectivity index (χ0) is 14.6. The maximum atomic E-state index is 11.8. The van der Waals surface area contributed by atoms with Crippen molar-refractivity contribution in [2.24, 2.45) is 0 Å². The molecule has 0 aliphatic carbocycles. The number of nitrogens with zero attached hydrogens (tertiary/aromatic N) is 2. The quantitative estimate of drug-likeness (QED) is 0.625. The molecule has 8 heteroatoms. The van der Waals surface area contributed by atoms with Crippen LogP contribution in [0.15, 0.2) is 21.5 Å². The van der Waals surface area contributed by atoms with Gasteiger partial charge in [-0.25, -0.2) is 0 Å². The van der Waals surface area contributed by atoms with Crippen LogP contribution in [-0.4, -0.2) is 33.4 Å². The van der Waals surface area contributed by atoms with Crippen LogP contribution in [0, 0.1) is 10.1 Å². The van der Waals surface area contributed by atoms with Crippen LogP contribution in [0.3, 0.4) is 0 Å². The number of halogens is 1. The molecule has 1 rings (SSSR count). The Kier molecular flexibility index (Phi) is 5.64. The number of hydrogen-bond donors (Lipinski definition) is 1. The van der Waals surface area contributed by atoms with Gasteiger partial charge in [-0.1, -0.05) is 0 Å². The third kappa shape index (κ3) is 4.73. The minimum atomic E-state index is -0.908. The van der Waals surface area contributed by atoms with Crippen LogP contribution in [0.1, 0.15) is 13.8 Å². The molecule has 1 aromatic heterocycles. The van der Waals surface area contributed by atoms with Crippen LogP contribution in [-0.2, 0) is 11.3 Å². The van der Waals surface area contributed by atoms with Crippen LogP contribution in [0.25, 0.3) is 0 Å². The Morgan fingerprint density at radius 2 is 2.21 bits per heavy atom. The number of rotatable bonds is 6. The van der Waals surface area contributed by atoms with Gasteiger partial charge in [-0.05, 0) is 29.8 Å². The van der Waals surface area contributed by atoms with Crippen LogP contribution >= 0.6 is 15.9 Å². The average molecular weight is 335 g/mol. The summed E-state index contributed by atoms with van der Waals surface area (Å²) in [4.78, 5) is 21.7. The van der Waals surface area contributed by atoms with Gasteiger partial charge >= 0.3 is 11.2 Å². The van der Waals surface area contributed by atoms with Gasteiger partial charge in [-0.15, -0.1) is 0 Å². The van der Waals surface area contributed by atoms with Gasteiger partial charge in [0.05, 0.1) is 30.3 Å². The lowest BCUT2D eigenvalue weighted by molar-refractivity contribution is -0.386.